The number of nitrogens with zero attached hydrogens (tertiary/aromatic N) is 2. The number of rotatable bonds is 4. The zero-order valence-corrected chi connectivity index (χ0v) is 7.17. The summed E-state index contributed by atoms with van der Waals surface area (Å²) >= 11 is 0. The Morgan fingerprint density at radius 3 is 3.09 bits per heavy atom. The minimum Gasteiger partial charge on any atom is -0.311 e. The Morgan fingerprint density at radius 1 is 1.64 bits per heavy atom. The summed E-state index contributed by atoms with van der Waals surface area (Å²) in [5, 5.41) is 7.43. The lowest BCUT2D eigenvalue weighted by Crippen LogP contribution is -2.15. The van der Waals surface area contributed by atoms with Crippen molar-refractivity contribution in [2.75, 3.05) is 6.54 Å². The van der Waals surface area contributed by atoms with E-state index < -0.39 is 0 Å². The Hall–Kier alpha value is -0.830. The van der Waals surface area contributed by atoms with Crippen LogP contribution in [0.2, 0.25) is 0 Å². The summed E-state index contributed by atoms with van der Waals surface area (Å²) in [7, 11) is 0. The topological polar surface area (TPSA) is 29.9 Å². The Morgan fingerprint density at radius 2 is 2.45 bits per heavy atom. The van der Waals surface area contributed by atoms with E-state index in [9.17, 15) is 0 Å². The van der Waals surface area contributed by atoms with E-state index in [0.29, 0.717) is 0 Å². The quantitative estimate of drug-likeness (QED) is 0.709. The molecule has 11 heavy (non-hydrogen) atoms. The highest BCUT2D eigenvalue weighted by atomic mass is 15.3. The van der Waals surface area contributed by atoms with E-state index in [1.165, 1.54) is 5.69 Å². The van der Waals surface area contributed by atoms with Crippen LogP contribution < -0.4 is 5.32 Å². The molecule has 1 heterocycles. The van der Waals surface area contributed by atoms with Gasteiger partial charge >= 0.3 is 0 Å². The van der Waals surface area contributed by atoms with E-state index in [1.54, 1.807) is 0 Å². The number of aromatic nitrogens is 2. The predicted octanol–water partition coefficient (Wildman–Crippen LogP) is 1.26. The monoisotopic (exact) mass is 155 g/mol. The molecule has 0 aliphatic carbocycles. The largest absolute Gasteiger partial charge is 0.311 e. The minimum absolute atomic E-state index is 0. The molecule has 0 saturated heterocycles. The van der Waals surface area contributed by atoms with Gasteiger partial charge in [0.1, 0.15) is 0 Å². The van der Waals surface area contributed by atoms with Crippen molar-refractivity contribution in [3.05, 3.63) is 18.0 Å². The van der Waals surface area contributed by atoms with Gasteiger partial charge in [-0.2, -0.15) is 5.10 Å². The fraction of sp³-hybridized carbons (Fsp3) is 0.625. The molecule has 3 heteroatoms. The molecule has 0 radical (unpaired) electrons. The van der Waals surface area contributed by atoms with E-state index in [1.807, 2.05) is 16.9 Å². The summed E-state index contributed by atoms with van der Waals surface area (Å²) in [5.41, 5.74) is 1.26. The maximum absolute atomic E-state index is 4.16. The van der Waals surface area contributed by atoms with Crippen LogP contribution >= 0.6 is 0 Å². The van der Waals surface area contributed by atoms with Crippen molar-refractivity contribution >= 4 is 0 Å². The third-order valence-corrected chi connectivity index (χ3v) is 1.66. The molecule has 0 spiro atoms. The summed E-state index contributed by atoms with van der Waals surface area (Å²) in [6.07, 6.45) is 1.84. The molecular formula is C8H17N3. The molecule has 3 nitrogen and oxygen atoms in total. The van der Waals surface area contributed by atoms with Crippen molar-refractivity contribution in [2.45, 2.75) is 26.9 Å². The van der Waals surface area contributed by atoms with Gasteiger partial charge in [0.15, 0.2) is 0 Å². The highest BCUT2D eigenvalue weighted by Gasteiger charge is 1.97. The van der Waals surface area contributed by atoms with Gasteiger partial charge in [0.25, 0.3) is 0 Å². The Balaban J connectivity index is 0.00000121. The molecule has 1 rings (SSSR count). The lowest BCUT2D eigenvalue weighted by Gasteiger charge is -2.03. The van der Waals surface area contributed by atoms with Crippen molar-refractivity contribution in [1.82, 2.24) is 15.1 Å². The van der Waals surface area contributed by atoms with Gasteiger partial charge in [0, 0.05) is 20.7 Å². The second kappa shape index (κ2) is 4.13. The second-order valence-electron chi connectivity index (χ2n) is 2.42. The van der Waals surface area contributed by atoms with Crippen LogP contribution in [0.4, 0.5) is 0 Å². The number of nitrogens with one attached hydrogen (secondary N) is 1. The molecule has 0 bridgehead atoms. The molecule has 64 valence electrons. The van der Waals surface area contributed by atoms with Gasteiger partial charge in [-0.05, 0) is 19.5 Å². The Bertz CT molecular complexity index is 210. The lowest BCUT2D eigenvalue weighted by atomic mass is 10.4. The third-order valence-electron chi connectivity index (χ3n) is 1.66. The fourth-order valence-electron chi connectivity index (χ4n) is 1.05. The smallest absolute Gasteiger partial charge is 0.0521 e. The highest BCUT2D eigenvalue weighted by Crippen LogP contribution is 1.96. The maximum atomic E-state index is 4.16. The molecule has 0 aromatic carbocycles. The number of hydrogen-bond acceptors (Lipinski definition) is 2. The van der Waals surface area contributed by atoms with Gasteiger partial charge in [0.2, 0.25) is 0 Å². The van der Waals surface area contributed by atoms with Crippen molar-refractivity contribution in [2.24, 2.45) is 0 Å². The molecule has 1 N–H and O–H groups in total. The van der Waals surface area contributed by atoms with Crippen LogP contribution in [-0.2, 0) is 13.1 Å². The van der Waals surface area contributed by atoms with E-state index in [-0.39, 0.29) is 1.43 Å². The normalized spacial score (nSPS) is 10.4. The summed E-state index contributed by atoms with van der Waals surface area (Å²) < 4.78 is 2.00. The average molecular weight is 155 g/mol. The first-order chi connectivity index (χ1) is 5.38. The van der Waals surface area contributed by atoms with Crippen LogP contribution in [0.15, 0.2) is 12.3 Å². The van der Waals surface area contributed by atoms with Crippen LogP contribution in [0.3, 0.4) is 0 Å². The van der Waals surface area contributed by atoms with Crippen LogP contribution in [0.5, 0.6) is 0 Å². The first kappa shape index (κ1) is 8.27. The zero-order valence-electron chi connectivity index (χ0n) is 7.17. The maximum Gasteiger partial charge on any atom is 0.0521 e. The molecule has 1 aromatic heterocycles. The molecule has 0 unspecified atom stereocenters. The SMILES string of the molecule is CCNCc1ccnn1CC.[HH]. The highest BCUT2D eigenvalue weighted by molar-refractivity contribution is 4.99. The third kappa shape index (κ3) is 2.05. The number of hydrogen-bond donors (Lipinski definition) is 1. The van der Waals surface area contributed by atoms with Crippen LogP contribution in [0.1, 0.15) is 21.0 Å². The molecule has 0 atom stereocenters. The van der Waals surface area contributed by atoms with Crippen molar-refractivity contribution in [1.29, 1.82) is 0 Å². The zero-order chi connectivity index (χ0) is 8.10. The van der Waals surface area contributed by atoms with Crippen molar-refractivity contribution in [3.63, 3.8) is 0 Å². The van der Waals surface area contributed by atoms with Crippen molar-refractivity contribution in [3.8, 4) is 0 Å². The van der Waals surface area contributed by atoms with Crippen LogP contribution in [0.25, 0.3) is 0 Å². The fourth-order valence-corrected chi connectivity index (χ4v) is 1.05. The molecule has 0 saturated carbocycles. The molecular weight excluding hydrogens is 138 g/mol. The van der Waals surface area contributed by atoms with E-state index in [4.69, 9.17) is 0 Å². The van der Waals surface area contributed by atoms with E-state index in [2.05, 4.69) is 24.3 Å². The van der Waals surface area contributed by atoms with Gasteiger partial charge in [-0.3, -0.25) is 4.68 Å². The molecule has 0 fully saturated rings. The van der Waals surface area contributed by atoms with Gasteiger partial charge in [-0.25, -0.2) is 0 Å². The first-order valence-corrected chi connectivity index (χ1v) is 4.09. The minimum atomic E-state index is 0. The van der Waals surface area contributed by atoms with E-state index >= 15 is 0 Å². The summed E-state index contributed by atoms with van der Waals surface area (Å²) in [6, 6.07) is 2.05. The van der Waals surface area contributed by atoms with Crippen LogP contribution in [0, 0.1) is 0 Å². The summed E-state index contributed by atoms with van der Waals surface area (Å²) in [4.78, 5) is 0. The summed E-state index contributed by atoms with van der Waals surface area (Å²) in [5.74, 6) is 0. The average Bonchev–Trinajstić information content (AvgIpc) is 2.47. The first-order valence-electron chi connectivity index (χ1n) is 4.09. The predicted molar refractivity (Wildman–Crippen MR) is 47.4 cm³/mol. The summed E-state index contributed by atoms with van der Waals surface area (Å²) in [6.45, 7) is 7.09. The number of aryl methyl sites for hydroxylation is 1. The lowest BCUT2D eigenvalue weighted by molar-refractivity contribution is 0.590. The van der Waals surface area contributed by atoms with Gasteiger partial charge in [0.05, 0.1) is 5.69 Å². The second-order valence-corrected chi connectivity index (χ2v) is 2.42. The van der Waals surface area contributed by atoms with Crippen LogP contribution in [-0.4, -0.2) is 16.3 Å². The molecule has 0 aliphatic rings. The van der Waals surface area contributed by atoms with E-state index in [0.717, 1.165) is 19.6 Å². The standard InChI is InChI=1S/C8H15N3.H2/c1-3-9-7-8-5-6-10-11(8)4-2;/h5-6,9H,3-4,7H2,1-2H3;1H. The molecule has 0 amide bonds. The molecule has 1 aromatic rings. The Kier molecular flexibility index (Phi) is 3.11. The van der Waals surface area contributed by atoms with Gasteiger partial charge in [-0.15, -0.1) is 0 Å². The molecule has 0 aliphatic heterocycles. The van der Waals surface area contributed by atoms with Gasteiger partial charge in [-0.1, -0.05) is 6.92 Å². The van der Waals surface area contributed by atoms with Crippen molar-refractivity contribution < 1.29 is 1.43 Å². The van der Waals surface area contributed by atoms with Gasteiger partial charge < -0.3 is 5.32 Å². The Labute approximate surface area is 68.9 Å².